The molecule has 0 aliphatic carbocycles. The van der Waals surface area contributed by atoms with E-state index in [1.807, 2.05) is 19.9 Å². The molecule has 0 saturated heterocycles. The van der Waals surface area contributed by atoms with Crippen LogP contribution in [0.25, 0.3) is 9.88 Å². The standard InChI is InChI=1S/C21H26ClN5O3S2/c1-4-6-10-26(15-17(23)27(11-7-5-2)21(30)25-18(15)28)20(29)16-12(3)24-19(32-16)13-8-9-14(22)31-13/h8-9H,4-7,10-11,23H2,1-3H3,(H,25,28,30). The van der Waals surface area contributed by atoms with E-state index in [-0.39, 0.29) is 17.4 Å². The second-order valence-corrected chi connectivity index (χ2v) is 10.1. The Morgan fingerprint density at radius 3 is 2.56 bits per heavy atom. The number of nitrogens with one attached hydrogen (secondary N) is 1. The summed E-state index contributed by atoms with van der Waals surface area (Å²) in [7, 11) is 0. The Morgan fingerprint density at radius 1 is 1.22 bits per heavy atom. The molecule has 0 aliphatic rings. The maximum absolute atomic E-state index is 13.6. The summed E-state index contributed by atoms with van der Waals surface area (Å²) in [6.45, 7) is 6.41. The smallest absolute Gasteiger partial charge is 0.330 e. The van der Waals surface area contributed by atoms with E-state index in [2.05, 4.69) is 9.97 Å². The van der Waals surface area contributed by atoms with Gasteiger partial charge in [0, 0.05) is 13.1 Å². The van der Waals surface area contributed by atoms with E-state index in [9.17, 15) is 14.4 Å². The largest absolute Gasteiger partial charge is 0.383 e. The van der Waals surface area contributed by atoms with Gasteiger partial charge in [0.1, 0.15) is 15.7 Å². The summed E-state index contributed by atoms with van der Waals surface area (Å²) in [5.41, 5.74) is 5.61. The SMILES string of the molecule is CCCCN(C(=O)c1sc(-c2ccc(Cl)s2)nc1C)c1c(N)n(CCCC)c(=O)[nH]c1=O. The van der Waals surface area contributed by atoms with E-state index in [0.717, 1.165) is 24.1 Å². The number of amides is 1. The summed E-state index contributed by atoms with van der Waals surface area (Å²) >= 11 is 8.68. The van der Waals surface area contributed by atoms with Gasteiger partial charge in [0.2, 0.25) is 0 Å². The van der Waals surface area contributed by atoms with Gasteiger partial charge in [-0.3, -0.25) is 24.0 Å². The Balaban J connectivity index is 2.08. The minimum Gasteiger partial charge on any atom is -0.383 e. The predicted molar refractivity (Wildman–Crippen MR) is 132 cm³/mol. The van der Waals surface area contributed by atoms with E-state index < -0.39 is 11.2 Å². The van der Waals surface area contributed by atoms with Crippen molar-refractivity contribution < 1.29 is 4.79 Å². The number of nitrogens with zero attached hydrogens (tertiary/aromatic N) is 3. The lowest BCUT2D eigenvalue weighted by Gasteiger charge is -2.24. The van der Waals surface area contributed by atoms with Crippen molar-refractivity contribution in [2.75, 3.05) is 17.2 Å². The number of aryl methyl sites for hydroxylation is 1. The van der Waals surface area contributed by atoms with Gasteiger partial charge in [-0.2, -0.15) is 0 Å². The van der Waals surface area contributed by atoms with Crippen LogP contribution in [0.4, 0.5) is 11.5 Å². The molecule has 0 fully saturated rings. The molecule has 3 heterocycles. The monoisotopic (exact) mass is 495 g/mol. The molecule has 0 unspecified atom stereocenters. The zero-order chi connectivity index (χ0) is 23.4. The normalized spacial score (nSPS) is 11.1. The van der Waals surface area contributed by atoms with E-state index in [0.29, 0.717) is 39.4 Å². The lowest BCUT2D eigenvalue weighted by Crippen LogP contribution is -2.41. The third-order valence-electron chi connectivity index (χ3n) is 4.97. The molecule has 3 rings (SSSR count). The molecule has 0 radical (unpaired) electrons. The van der Waals surface area contributed by atoms with Gasteiger partial charge in [-0.05, 0) is 31.9 Å². The van der Waals surface area contributed by atoms with Crippen LogP contribution in [0, 0.1) is 6.92 Å². The highest BCUT2D eigenvalue weighted by atomic mass is 35.5. The summed E-state index contributed by atoms with van der Waals surface area (Å²) in [5, 5.41) is 0.688. The molecule has 1 amide bonds. The van der Waals surface area contributed by atoms with Crippen molar-refractivity contribution in [2.45, 2.75) is 53.0 Å². The van der Waals surface area contributed by atoms with Gasteiger partial charge in [0.25, 0.3) is 11.5 Å². The van der Waals surface area contributed by atoms with Crippen LogP contribution in [0.1, 0.15) is 54.9 Å². The number of aromatic nitrogens is 3. The van der Waals surface area contributed by atoms with Crippen LogP contribution in [0.2, 0.25) is 4.34 Å². The number of nitrogens with two attached hydrogens (primary N) is 1. The summed E-state index contributed by atoms with van der Waals surface area (Å²) in [6, 6.07) is 3.65. The molecular formula is C21H26ClN5O3S2. The Kier molecular flexibility index (Phi) is 7.91. The third-order valence-corrected chi connectivity index (χ3v) is 7.52. The second kappa shape index (κ2) is 10.5. The molecule has 0 atom stereocenters. The Hall–Kier alpha value is -2.43. The van der Waals surface area contributed by atoms with Crippen LogP contribution in [0.3, 0.4) is 0 Å². The zero-order valence-corrected chi connectivity index (χ0v) is 20.6. The lowest BCUT2D eigenvalue weighted by molar-refractivity contribution is 0.0989. The molecule has 32 heavy (non-hydrogen) atoms. The number of hydrogen-bond acceptors (Lipinski definition) is 7. The fraction of sp³-hybridized carbons (Fsp3) is 0.429. The molecule has 3 N–H and O–H groups in total. The minimum absolute atomic E-state index is 0.00378. The molecule has 0 spiro atoms. The molecule has 0 aliphatic heterocycles. The van der Waals surface area contributed by atoms with Crippen molar-refractivity contribution in [1.82, 2.24) is 14.5 Å². The number of anilines is 2. The van der Waals surface area contributed by atoms with Crippen LogP contribution >= 0.6 is 34.3 Å². The highest BCUT2D eigenvalue weighted by Gasteiger charge is 2.28. The fourth-order valence-corrected chi connectivity index (χ4v) is 5.37. The number of thiazole rings is 1. The van der Waals surface area contributed by atoms with E-state index in [1.165, 1.54) is 32.1 Å². The number of carbonyl (C=O) groups is 1. The summed E-state index contributed by atoms with van der Waals surface area (Å²) in [5.74, 6) is -0.357. The first-order valence-corrected chi connectivity index (χ1v) is 12.5. The quantitative estimate of drug-likeness (QED) is 0.453. The van der Waals surface area contributed by atoms with Crippen molar-refractivity contribution in [3.05, 3.63) is 47.9 Å². The van der Waals surface area contributed by atoms with E-state index >= 15 is 0 Å². The van der Waals surface area contributed by atoms with Crippen molar-refractivity contribution in [3.63, 3.8) is 0 Å². The van der Waals surface area contributed by atoms with E-state index in [4.69, 9.17) is 17.3 Å². The minimum atomic E-state index is -0.669. The summed E-state index contributed by atoms with van der Waals surface area (Å²) in [4.78, 5) is 48.2. The van der Waals surface area contributed by atoms with E-state index in [1.54, 1.807) is 13.0 Å². The Labute approximate surface area is 198 Å². The number of unbranched alkanes of at least 4 members (excludes halogenated alkanes) is 2. The van der Waals surface area contributed by atoms with Gasteiger partial charge in [-0.25, -0.2) is 9.78 Å². The molecule has 3 aromatic heterocycles. The molecule has 11 heteroatoms. The maximum atomic E-state index is 13.6. The van der Waals surface area contributed by atoms with Crippen LogP contribution < -0.4 is 21.9 Å². The van der Waals surface area contributed by atoms with Crippen LogP contribution in [0.5, 0.6) is 0 Å². The molecule has 3 aromatic rings. The van der Waals surface area contributed by atoms with Crippen molar-refractivity contribution in [1.29, 1.82) is 0 Å². The first kappa shape index (κ1) is 24.2. The average molecular weight is 496 g/mol. The number of carbonyl (C=O) groups excluding carboxylic acids is 1. The lowest BCUT2D eigenvalue weighted by atomic mass is 10.2. The van der Waals surface area contributed by atoms with Gasteiger partial charge in [0.15, 0.2) is 5.69 Å². The summed E-state index contributed by atoms with van der Waals surface area (Å²) in [6.07, 6.45) is 3.06. The zero-order valence-electron chi connectivity index (χ0n) is 18.2. The van der Waals surface area contributed by atoms with Gasteiger partial charge in [0.05, 0.1) is 14.9 Å². The van der Waals surface area contributed by atoms with Crippen molar-refractivity contribution in [2.24, 2.45) is 0 Å². The van der Waals surface area contributed by atoms with Crippen LogP contribution in [-0.2, 0) is 6.54 Å². The Morgan fingerprint density at radius 2 is 1.94 bits per heavy atom. The fourth-order valence-electron chi connectivity index (χ4n) is 3.26. The molecular weight excluding hydrogens is 470 g/mol. The third kappa shape index (κ3) is 4.97. The van der Waals surface area contributed by atoms with Gasteiger partial charge in [-0.1, -0.05) is 38.3 Å². The topological polar surface area (TPSA) is 114 Å². The highest BCUT2D eigenvalue weighted by Crippen LogP contribution is 2.36. The molecule has 0 saturated carbocycles. The average Bonchev–Trinajstić information content (AvgIpc) is 3.35. The molecule has 0 bridgehead atoms. The number of nitrogen functional groups attached to an aromatic ring is 1. The number of halogens is 1. The number of thiophene rings is 1. The molecule has 0 aromatic carbocycles. The van der Waals surface area contributed by atoms with Crippen molar-refractivity contribution in [3.8, 4) is 9.88 Å². The summed E-state index contributed by atoms with van der Waals surface area (Å²) < 4.78 is 1.96. The van der Waals surface area contributed by atoms with Crippen molar-refractivity contribution >= 4 is 51.7 Å². The number of hydrogen-bond donors (Lipinski definition) is 2. The predicted octanol–water partition coefficient (Wildman–Crippen LogP) is 4.51. The number of aromatic amines is 1. The molecule has 8 nitrogen and oxygen atoms in total. The number of rotatable bonds is 9. The highest BCUT2D eigenvalue weighted by molar-refractivity contribution is 7.24. The first-order chi connectivity index (χ1) is 15.3. The van der Waals surface area contributed by atoms with Crippen LogP contribution in [-0.4, -0.2) is 27.0 Å². The number of H-pyrrole nitrogens is 1. The van der Waals surface area contributed by atoms with Gasteiger partial charge >= 0.3 is 5.69 Å². The first-order valence-electron chi connectivity index (χ1n) is 10.5. The Bertz CT molecular complexity index is 1230. The van der Waals surface area contributed by atoms with Gasteiger partial charge in [-0.15, -0.1) is 22.7 Å². The second-order valence-electron chi connectivity index (χ2n) is 7.35. The van der Waals surface area contributed by atoms with Gasteiger partial charge < -0.3 is 5.73 Å². The van der Waals surface area contributed by atoms with Crippen LogP contribution in [0.15, 0.2) is 21.7 Å². The maximum Gasteiger partial charge on any atom is 0.330 e. The molecule has 172 valence electrons.